The number of benzene rings is 1. The Morgan fingerprint density at radius 3 is 2.50 bits per heavy atom. The number of nitrogens with zero attached hydrogens (tertiary/aromatic N) is 6. The van der Waals surface area contributed by atoms with Crippen molar-refractivity contribution in [2.24, 2.45) is 0 Å². The van der Waals surface area contributed by atoms with Crippen molar-refractivity contribution in [3.8, 4) is 17.2 Å². The van der Waals surface area contributed by atoms with Crippen molar-refractivity contribution < 1.29 is 4.74 Å². The van der Waals surface area contributed by atoms with E-state index in [2.05, 4.69) is 15.0 Å². The SMILES string of the molecule is Nc1cccc(-c2nc(N3CCOCC3)c3cnn(-c4ccccc4)c3n2)n1. The highest BCUT2D eigenvalue weighted by Crippen LogP contribution is 2.29. The molecular formula is C20H19N7O. The summed E-state index contributed by atoms with van der Waals surface area (Å²) in [6.45, 7) is 2.88. The summed E-state index contributed by atoms with van der Waals surface area (Å²) < 4.78 is 7.33. The first-order chi connectivity index (χ1) is 13.8. The van der Waals surface area contributed by atoms with E-state index < -0.39 is 0 Å². The minimum Gasteiger partial charge on any atom is -0.384 e. The van der Waals surface area contributed by atoms with Crippen molar-refractivity contribution in [3.63, 3.8) is 0 Å². The summed E-state index contributed by atoms with van der Waals surface area (Å²) in [5.41, 5.74) is 8.19. The second-order valence-corrected chi connectivity index (χ2v) is 6.55. The van der Waals surface area contributed by atoms with E-state index in [-0.39, 0.29) is 0 Å². The predicted molar refractivity (Wildman–Crippen MR) is 107 cm³/mol. The minimum atomic E-state index is 0.436. The average molecular weight is 373 g/mol. The van der Waals surface area contributed by atoms with Crippen LogP contribution in [0.3, 0.4) is 0 Å². The molecule has 0 unspecified atom stereocenters. The summed E-state index contributed by atoms with van der Waals surface area (Å²) in [6.07, 6.45) is 1.82. The molecule has 0 saturated carbocycles. The Morgan fingerprint density at radius 1 is 0.893 bits per heavy atom. The van der Waals surface area contributed by atoms with Gasteiger partial charge in [0.15, 0.2) is 11.5 Å². The monoisotopic (exact) mass is 373 g/mol. The fraction of sp³-hybridized carbons (Fsp3) is 0.200. The van der Waals surface area contributed by atoms with Crippen LogP contribution in [0.5, 0.6) is 0 Å². The van der Waals surface area contributed by atoms with Crippen LogP contribution in [0.2, 0.25) is 0 Å². The maximum atomic E-state index is 5.88. The number of pyridine rings is 1. The highest BCUT2D eigenvalue weighted by molar-refractivity contribution is 5.89. The van der Waals surface area contributed by atoms with Gasteiger partial charge in [-0.25, -0.2) is 19.6 Å². The number of aromatic nitrogens is 5. The minimum absolute atomic E-state index is 0.436. The molecule has 4 heterocycles. The molecule has 0 radical (unpaired) electrons. The number of rotatable bonds is 3. The molecule has 1 saturated heterocycles. The van der Waals surface area contributed by atoms with Crippen molar-refractivity contribution in [1.82, 2.24) is 24.7 Å². The van der Waals surface area contributed by atoms with Crippen molar-refractivity contribution in [1.29, 1.82) is 0 Å². The summed E-state index contributed by atoms with van der Waals surface area (Å²) in [7, 11) is 0. The van der Waals surface area contributed by atoms with Gasteiger partial charge in [0.2, 0.25) is 0 Å². The Hall–Kier alpha value is -3.52. The highest BCUT2D eigenvalue weighted by Gasteiger charge is 2.21. The molecule has 3 aromatic heterocycles. The molecule has 1 fully saturated rings. The summed E-state index contributed by atoms with van der Waals surface area (Å²) in [6, 6.07) is 15.4. The second kappa shape index (κ2) is 6.90. The van der Waals surface area contributed by atoms with Crippen LogP contribution in [0.1, 0.15) is 0 Å². The van der Waals surface area contributed by atoms with Gasteiger partial charge in [-0.1, -0.05) is 24.3 Å². The molecule has 0 amide bonds. The number of fused-ring (bicyclic) bond motifs is 1. The van der Waals surface area contributed by atoms with Crippen LogP contribution in [-0.2, 0) is 4.74 Å². The number of anilines is 2. The molecule has 1 aliphatic heterocycles. The molecule has 8 nitrogen and oxygen atoms in total. The van der Waals surface area contributed by atoms with Crippen LogP contribution in [-0.4, -0.2) is 51.0 Å². The number of nitrogens with two attached hydrogens (primary N) is 1. The summed E-state index contributed by atoms with van der Waals surface area (Å²) in [4.78, 5) is 16.2. The molecule has 8 heteroatoms. The Bertz CT molecular complexity index is 1120. The topological polar surface area (TPSA) is 95.0 Å². The van der Waals surface area contributed by atoms with Gasteiger partial charge in [0.1, 0.15) is 17.3 Å². The summed E-state index contributed by atoms with van der Waals surface area (Å²) >= 11 is 0. The van der Waals surface area contributed by atoms with E-state index in [1.54, 1.807) is 6.07 Å². The van der Waals surface area contributed by atoms with Crippen LogP contribution in [0.15, 0.2) is 54.7 Å². The Morgan fingerprint density at radius 2 is 1.71 bits per heavy atom. The lowest BCUT2D eigenvalue weighted by Crippen LogP contribution is -2.37. The van der Waals surface area contributed by atoms with Gasteiger partial charge in [-0.05, 0) is 24.3 Å². The van der Waals surface area contributed by atoms with Crippen LogP contribution < -0.4 is 10.6 Å². The predicted octanol–water partition coefficient (Wildman–Crippen LogP) is 2.30. The zero-order valence-electron chi connectivity index (χ0n) is 15.2. The van der Waals surface area contributed by atoms with E-state index in [0.717, 1.165) is 35.6 Å². The number of morpholine rings is 1. The van der Waals surface area contributed by atoms with E-state index >= 15 is 0 Å². The molecule has 5 rings (SSSR count). The molecule has 0 bridgehead atoms. The first-order valence-corrected chi connectivity index (χ1v) is 9.16. The average Bonchev–Trinajstić information content (AvgIpc) is 3.18. The van der Waals surface area contributed by atoms with E-state index in [4.69, 9.17) is 20.4 Å². The molecule has 2 N–H and O–H groups in total. The zero-order chi connectivity index (χ0) is 18.9. The maximum absolute atomic E-state index is 5.88. The normalized spacial score (nSPS) is 14.5. The van der Waals surface area contributed by atoms with Gasteiger partial charge < -0.3 is 15.4 Å². The Kier molecular flexibility index (Phi) is 4.10. The standard InChI is InChI=1S/C20H19N7O/c21-17-8-4-7-16(23-17)18-24-19(26-9-11-28-12-10-26)15-13-22-27(20(15)25-18)14-5-2-1-3-6-14/h1-8,13H,9-12H2,(H2,21,23). The summed E-state index contributed by atoms with van der Waals surface area (Å²) in [5.74, 6) is 1.80. The Labute approximate surface area is 161 Å². The van der Waals surface area contributed by atoms with Crippen LogP contribution in [0.4, 0.5) is 11.6 Å². The molecule has 28 heavy (non-hydrogen) atoms. The highest BCUT2D eigenvalue weighted by atomic mass is 16.5. The largest absolute Gasteiger partial charge is 0.384 e. The third kappa shape index (κ3) is 2.93. The molecule has 0 spiro atoms. The van der Waals surface area contributed by atoms with Gasteiger partial charge >= 0.3 is 0 Å². The smallest absolute Gasteiger partial charge is 0.182 e. The molecule has 1 aliphatic rings. The van der Waals surface area contributed by atoms with Crippen LogP contribution in [0, 0.1) is 0 Å². The van der Waals surface area contributed by atoms with Gasteiger partial charge in [-0.2, -0.15) is 5.10 Å². The van der Waals surface area contributed by atoms with Gasteiger partial charge in [-0.3, -0.25) is 0 Å². The number of nitrogen functional groups attached to an aromatic ring is 1. The lowest BCUT2D eigenvalue weighted by Gasteiger charge is -2.28. The molecule has 0 aliphatic carbocycles. The van der Waals surface area contributed by atoms with Crippen LogP contribution >= 0.6 is 0 Å². The van der Waals surface area contributed by atoms with E-state index in [0.29, 0.717) is 30.5 Å². The second-order valence-electron chi connectivity index (χ2n) is 6.55. The van der Waals surface area contributed by atoms with Crippen molar-refractivity contribution in [3.05, 3.63) is 54.7 Å². The molecule has 140 valence electrons. The lowest BCUT2D eigenvalue weighted by atomic mass is 10.2. The molecule has 4 aromatic rings. The van der Waals surface area contributed by atoms with Gasteiger partial charge in [0, 0.05) is 13.1 Å². The molecule has 1 aromatic carbocycles. The van der Waals surface area contributed by atoms with E-state index in [1.165, 1.54) is 0 Å². The van der Waals surface area contributed by atoms with Crippen molar-refractivity contribution in [2.75, 3.05) is 36.9 Å². The Balaban J connectivity index is 1.74. The molecule has 0 atom stereocenters. The number of ether oxygens (including phenoxy) is 1. The van der Waals surface area contributed by atoms with Gasteiger partial charge in [-0.15, -0.1) is 0 Å². The van der Waals surface area contributed by atoms with Crippen molar-refractivity contribution in [2.45, 2.75) is 0 Å². The van der Waals surface area contributed by atoms with E-state index in [1.807, 2.05) is 53.3 Å². The van der Waals surface area contributed by atoms with Crippen LogP contribution in [0.25, 0.3) is 28.2 Å². The third-order valence-electron chi connectivity index (χ3n) is 4.72. The quantitative estimate of drug-likeness (QED) is 0.589. The fourth-order valence-corrected chi connectivity index (χ4v) is 3.36. The molecular weight excluding hydrogens is 354 g/mol. The first-order valence-electron chi connectivity index (χ1n) is 9.16. The summed E-state index contributed by atoms with van der Waals surface area (Å²) in [5, 5.41) is 5.49. The van der Waals surface area contributed by atoms with Crippen molar-refractivity contribution >= 4 is 22.7 Å². The third-order valence-corrected chi connectivity index (χ3v) is 4.72. The number of para-hydroxylation sites is 1. The zero-order valence-corrected chi connectivity index (χ0v) is 15.2. The van der Waals surface area contributed by atoms with E-state index in [9.17, 15) is 0 Å². The van der Waals surface area contributed by atoms with Gasteiger partial charge in [0.05, 0.1) is 30.5 Å². The fourth-order valence-electron chi connectivity index (χ4n) is 3.36. The van der Waals surface area contributed by atoms with Gasteiger partial charge in [0.25, 0.3) is 0 Å². The maximum Gasteiger partial charge on any atom is 0.182 e. The number of hydrogen-bond acceptors (Lipinski definition) is 7. The number of hydrogen-bond donors (Lipinski definition) is 1. The lowest BCUT2D eigenvalue weighted by molar-refractivity contribution is 0.122. The first kappa shape index (κ1) is 16.6.